The summed E-state index contributed by atoms with van der Waals surface area (Å²) in [6, 6.07) is 9.90. The number of hydrogen-bond acceptors (Lipinski definition) is 3. The van der Waals surface area contributed by atoms with E-state index in [1.165, 1.54) is 0 Å². The van der Waals surface area contributed by atoms with Gasteiger partial charge in [0.25, 0.3) is 0 Å². The second-order valence-corrected chi connectivity index (χ2v) is 5.08. The number of rotatable bonds is 2. The standard InChI is InChI=1S/C16H18N4O/c1-4-20-11(2)16-15(18-20)14(12-8-6-5-7-9-12)17-10-13(21)19(16)3/h5-9H,4,10H2,1-3H3. The number of fused-ring (bicyclic) bond motifs is 1. The first kappa shape index (κ1) is 13.5. The van der Waals surface area contributed by atoms with Gasteiger partial charge in [0, 0.05) is 19.2 Å². The molecule has 21 heavy (non-hydrogen) atoms. The molecule has 5 heteroatoms. The van der Waals surface area contributed by atoms with E-state index in [0.29, 0.717) is 0 Å². The molecule has 0 saturated carbocycles. The predicted octanol–water partition coefficient (Wildman–Crippen LogP) is 2.03. The van der Waals surface area contributed by atoms with Gasteiger partial charge in [0.2, 0.25) is 5.91 Å². The van der Waals surface area contributed by atoms with E-state index in [0.717, 1.165) is 34.9 Å². The molecule has 1 aromatic heterocycles. The lowest BCUT2D eigenvalue weighted by Crippen LogP contribution is -2.28. The van der Waals surface area contributed by atoms with Gasteiger partial charge in [-0.1, -0.05) is 30.3 Å². The maximum absolute atomic E-state index is 12.2. The van der Waals surface area contributed by atoms with Crippen LogP contribution in [0, 0.1) is 6.92 Å². The lowest BCUT2D eigenvalue weighted by molar-refractivity contribution is -0.116. The zero-order valence-electron chi connectivity index (χ0n) is 12.5. The highest BCUT2D eigenvalue weighted by atomic mass is 16.2. The summed E-state index contributed by atoms with van der Waals surface area (Å²) >= 11 is 0. The number of carbonyl (C=O) groups is 1. The topological polar surface area (TPSA) is 50.5 Å². The molecule has 5 nitrogen and oxygen atoms in total. The van der Waals surface area contributed by atoms with Gasteiger partial charge < -0.3 is 4.90 Å². The number of hydrogen-bond donors (Lipinski definition) is 0. The molecule has 2 heterocycles. The van der Waals surface area contributed by atoms with E-state index >= 15 is 0 Å². The minimum Gasteiger partial charge on any atom is -0.310 e. The van der Waals surface area contributed by atoms with Crippen LogP contribution < -0.4 is 4.90 Å². The number of nitrogens with zero attached hydrogens (tertiary/aromatic N) is 4. The Balaban J connectivity index is 2.24. The van der Waals surface area contributed by atoms with Gasteiger partial charge in [-0.25, -0.2) is 0 Å². The fourth-order valence-corrected chi connectivity index (χ4v) is 2.68. The lowest BCUT2D eigenvalue weighted by atomic mass is 10.1. The molecule has 0 fully saturated rings. The molecule has 2 aromatic rings. The van der Waals surface area contributed by atoms with Gasteiger partial charge in [0.05, 0.1) is 17.1 Å². The third kappa shape index (κ3) is 2.14. The average Bonchev–Trinajstić information content (AvgIpc) is 2.77. The van der Waals surface area contributed by atoms with Crippen molar-refractivity contribution in [3.8, 4) is 0 Å². The van der Waals surface area contributed by atoms with Crippen LogP contribution in [0.25, 0.3) is 0 Å². The summed E-state index contributed by atoms with van der Waals surface area (Å²) in [4.78, 5) is 18.4. The van der Waals surface area contributed by atoms with Crippen molar-refractivity contribution in [3.05, 3.63) is 47.3 Å². The molecule has 0 bridgehead atoms. The van der Waals surface area contributed by atoms with Crippen LogP contribution >= 0.6 is 0 Å². The van der Waals surface area contributed by atoms with Crippen LogP contribution in [0.2, 0.25) is 0 Å². The van der Waals surface area contributed by atoms with Crippen molar-refractivity contribution in [1.29, 1.82) is 0 Å². The van der Waals surface area contributed by atoms with Gasteiger partial charge in [-0.2, -0.15) is 5.10 Å². The van der Waals surface area contributed by atoms with Crippen LogP contribution in [-0.2, 0) is 11.3 Å². The van der Waals surface area contributed by atoms with E-state index in [9.17, 15) is 4.79 Å². The number of likely N-dealkylation sites (N-methyl/N-ethyl adjacent to an activating group) is 1. The molecule has 0 saturated heterocycles. The second-order valence-electron chi connectivity index (χ2n) is 5.08. The highest BCUT2D eigenvalue weighted by molar-refractivity contribution is 6.18. The Morgan fingerprint density at radius 3 is 2.62 bits per heavy atom. The summed E-state index contributed by atoms with van der Waals surface area (Å²) in [6.45, 7) is 4.96. The molecular formula is C16H18N4O. The van der Waals surface area contributed by atoms with Crippen molar-refractivity contribution >= 4 is 17.3 Å². The van der Waals surface area contributed by atoms with Crippen LogP contribution in [0.3, 0.4) is 0 Å². The van der Waals surface area contributed by atoms with E-state index in [1.807, 2.05) is 48.9 Å². The highest BCUT2D eigenvalue weighted by Crippen LogP contribution is 2.28. The maximum Gasteiger partial charge on any atom is 0.248 e. The molecule has 1 amide bonds. The SMILES string of the molecule is CCn1nc2c(c1C)N(C)C(=O)CN=C2c1ccccc1. The van der Waals surface area contributed by atoms with Gasteiger partial charge in [-0.05, 0) is 13.8 Å². The van der Waals surface area contributed by atoms with Crippen molar-refractivity contribution in [2.24, 2.45) is 4.99 Å². The van der Waals surface area contributed by atoms with Crippen molar-refractivity contribution < 1.29 is 4.79 Å². The number of aromatic nitrogens is 2. The van der Waals surface area contributed by atoms with Crippen LogP contribution in [0.1, 0.15) is 23.9 Å². The monoisotopic (exact) mass is 282 g/mol. The Morgan fingerprint density at radius 1 is 1.24 bits per heavy atom. The predicted molar refractivity (Wildman–Crippen MR) is 83.0 cm³/mol. The Morgan fingerprint density at radius 2 is 1.95 bits per heavy atom. The van der Waals surface area contributed by atoms with E-state index in [-0.39, 0.29) is 12.5 Å². The summed E-state index contributed by atoms with van der Waals surface area (Å²) in [5, 5.41) is 4.66. The molecule has 0 N–H and O–H groups in total. The van der Waals surface area contributed by atoms with Crippen LogP contribution in [0.4, 0.5) is 5.69 Å². The van der Waals surface area contributed by atoms with Crippen LogP contribution in [0.15, 0.2) is 35.3 Å². The summed E-state index contributed by atoms with van der Waals surface area (Å²) in [7, 11) is 1.79. The average molecular weight is 282 g/mol. The Bertz CT molecular complexity index is 715. The Hall–Kier alpha value is -2.43. The van der Waals surface area contributed by atoms with Gasteiger partial charge >= 0.3 is 0 Å². The molecule has 3 rings (SSSR count). The number of aliphatic imine (C=N–C) groups is 1. The van der Waals surface area contributed by atoms with E-state index in [1.54, 1.807) is 11.9 Å². The van der Waals surface area contributed by atoms with Gasteiger partial charge in [0.15, 0.2) is 0 Å². The normalized spacial score (nSPS) is 14.7. The zero-order valence-corrected chi connectivity index (χ0v) is 12.5. The van der Waals surface area contributed by atoms with Crippen molar-refractivity contribution in [2.45, 2.75) is 20.4 Å². The quantitative estimate of drug-likeness (QED) is 0.846. The van der Waals surface area contributed by atoms with Crippen molar-refractivity contribution in [3.63, 3.8) is 0 Å². The van der Waals surface area contributed by atoms with E-state index in [2.05, 4.69) is 10.1 Å². The molecule has 0 spiro atoms. The molecule has 0 aliphatic carbocycles. The number of carbonyl (C=O) groups excluding carboxylic acids is 1. The van der Waals surface area contributed by atoms with Crippen LogP contribution in [-0.4, -0.2) is 35.0 Å². The summed E-state index contributed by atoms with van der Waals surface area (Å²) in [6.07, 6.45) is 0. The number of amides is 1. The van der Waals surface area contributed by atoms with Gasteiger partial charge in [0.1, 0.15) is 12.2 Å². The molecular weight excluding hydrogens is 264 g/mol. The fraction of sp³-hybridized carbons (Fsp3) is 0.312. The van der Waals surface area contributed by atoms with E-state index in [4.69, 9.17) is 0 Å². The number of benzene rings is 1. The first-order valence-electron chi connectivity index (χ1n) is 7.07. The molecule has 0 unspecified atom stereocenters. The largest absolute Gasteiger partial charge is 0.310 e. The highest BCUT2D eigenvalue weighted by Gasteiger charge is 2.28. The molecule has 108 valence electrons. The minimum absolute atomic E-state index is 0.0130. The molecule has 0 atom stereocenters. The summed E-state index contributed by atoms with van der Waals surface area (Å²) in [5.74, 6) is -0.0130. The number of aryl methyl sites for hydroxylation is 1. The lowest BCUT2D eigenvalue weighted by Gasteiger charge is -2.15. The van der Waals surface area contributed by atoms with Gasteiger partial charge in [-0.15, -0.1) is 0 Å². The third-order valence-electron chi connectivity index (χ3n) is 3.83. The second kappa shape index (κ2) is 5.16. The van der Waals surface area contributed by atoms with Crippen molar-refractivity contribution in [2.75, 3.05) is 18.5 Å². The minimum atomic E-state index is -0.0130. The zero-order chi connectivity index (χ0) is 15.0. The Kier molecular flexibility index (Phi) is 3.33. The molecule has 0 radical (unpaired) electrons. The fourth-order valence-electron chi connectivity index (χ4n) is 2.68. The Labute approximate surface area is 123 Å². The first-order chi connectivity index (χ1) is 10.1. The number of anilines is 1. The molecule has 1 aliphatic heterocycles. The summed E-state index contributed by atoms with van der Waals surface area (Å²) in [5.41, 5.74) is 4.42. The first-order valence-corrected chi connectivity index (χ1v) is 7.07. The third-order valence-corrected chi connectivity index (χ3v) is 3.83. The van der Waals surface area contributed by atoms with Crippen LogP contribution in [0.5, 0.6) is 0 Å². The molecule has 1 aromatic carbocycles. The van der Waals surface area contributed by atoms with Crippen molar-refractivity contribution in [1.82, 2.24) is 9.78 Å². The smallest absolute Gasteiger partial charge is 0.248 e. The maximum atomic E-state index is 12.2. The van der Waals surface area contributed by atoms with E-state index < -0.39 is 0 Å². The summed E-state index contributed by atoms with van der Waals surface area (Å²) < 4.78 is 1.91. The molecule has 1 aliphatic rings. The van der Waals surface area contributed by atoms with Gasteiger partial charge in [-0.3, -0.25) is 14.5 Å².